The van der Waals surface area contributed by atoms with Gasteiger partial charge in [0, 0.05) is 23.8 Å². The van der Waals surface area contributed by atoms with Gasteiger partial charge in [-0.05, 0) is 40.2 Å². The van der Waals surface area contributed by atoms with Crippen molar-refractivity contribution in [3.05, 3.63) is 68.4 Å². The Hall–Kier alpha value is -2.28. The molecule has 0 aliphatic heterocycles. The zero-order chi connectivity index (χ0) is 15.4. The molecule has 0 fully saturated rings. The largest absolute Gasteiger partial charge is 0.484 e. The Balaban J connectivity index is 2.04. The van der Waals surface area contributed by atoms with Crippen LogP contribution in [0.1, 0.15) is 10.4 Å². The fraction of sp³-hybridized carbons (Fsp3) is 0.0714. The molecule has 0 heterocycles. The first kappa shape index (κ1) is 15.1. The zero-order valence-electron chi connectivity index (χ0n) is 10.6. The van der Waals surface area contributed by atoms with Crippen LogP contribution in [0.2, 0.25) is 0 Å². The minimum Gasteiger partial charge on any atom is -0.484 e. The lowest BCUT2D eigenvalue weighted by molar-refractivity contribution is -0.384. The third kappa shape index (κ3) is 3.85. The molecule has 108 valence electrons. The Morgan fingerprint density at radius 2 is 1.90 bits per heavy atom. The van der Waals surface area contributed by atoms with Crippen molar-refractivity contribution in [1.29, 1.82) is 0 Å². The van der Waals surface area contributed by atoms with Gasteiger partial charge in [-0.25, -0.2) is 4.39 Å². The summed E-state index contributed by atoms with van der Waals surface area (Å²) in [5.74, 6) is -0.623. The van der Waals surface area contributed by atoms with Crippen LogP contribution in [-0.2, 0) is 0 Å². The Morgan fingerprint density at radius 1 is 1.24 bits per heavy atom. The summed E-state index contributed by atoms with van der Waals surface area (Å²) in [6, 6.07) is 9.08. The van der Waals surface area contributed by atoms with Gasteiger partial charge >= 0.3 is 0 Å². The summed E-state index contributed by atoms with van der Waals surface area (Å²) in [4.78, 5) is 21.9. The zero-order valence-corrected chi connectivity index (χ0v) is 12.2. The molecule has 0 saturated carbocycles. The molecule has 2 rings (SSSR count). The van der Waals surface area contributed by atoms with Crippen molar-refractivity contribution in [2.24, 2.45) is 0 Å². The number of non-ortho nitro benzene ring substituents is 1. The van der Waals surface area contributed by atoms with E-state index < -0.39 is 10.7 Å². The van der Waals surface area contributed by atoms with Crippen LogP contribution < -0.4 is 4.74 Å². The molecule has 2 aromatic rings. The van der Waals surface area contributed by atoms with E-state index in [1.807, 2.05) is 0 Å². The first-order valence-electron chi connectivity index (χ1n) is 5.83. The van der Waals surface area contributed by atoms with Crippen molar-refractivity contribution in [3.63, 3.8) is 0 Å². The average molecular weight is 354 g/mol. The van der Waals surface area contributed by atoms with E-state index in [-0.39, 0.29) is 29.4 Å². The fourth-order valence-electron chi connectivity index (χ4n) is 1.58. The number of ether oxygens (including phenoxy) is 1. The second kappa shape index (κ2) is 6.45. The number of halogens is 2. The van der Waals surface area contributed by atoms with E-state index in [4.69, 9.17) is 4.74 Å². The number of carbonyl (C=O) groups is 1. The molecule has 0 atom stereocenters. The highest BCUT2D eigenvalue weighted by Crippen LogP contribution is 2.25. The van der Waals surface area contributed by atoms with Crippen LogP contribution in [0.15, 0.2) is 46.9 Å². The maximum atomic E-state index is 13.1. The number of benzene rings is 2. The summed E-state index contributed by atoms with van der Waals surface area (Å²) in [7, 11) is 0. The van der Waals surface area contributed by atoms with E-state index in [0.717, 1.165) is 6.07 Å². The number of nitrogens with zero attached hydrogens (tertiary/aromatic N) is 1. The molecule has 5 nitrogen and oxygen atoms in total. The van der Waals surface area contributed by atoms with Crippen molar-refractivity contribution in [3.8, 4) is 5.75 Å². The molecule has 0 aliphatic rings. The monoisotopic (exact) mass is 353 g/mol. The lowest BCUT2D eigenvalue weighted by Gasteiger charge is -2.07. The number of rotatable bonds is 5. The van der Waals surface area contributed by atoms with Crippen LogP contribution in [0.4, 0.5) is 10.1 Å². The van der Waals surface area contributed by atoms with E-state index in [1.165, 1.54) is 36.4 Å². The molecule has 0 saturated heterocycles. The summed E-state index contributed by atoms with van der Waals surface area (Å²) < 4.78 is 18.8. The van der Waals surface area contributed by atoms with Gasteiger partial charge in [-0.2, -0.15) is 0 Å². The summed E-state index contributed by atoms with van der Waals surface area (Å²) in [6.07, 6.45) is 0. The summed E-state index contributed by atoms with van der Waals surface area (Å²) in [5, 5.41) is 10.5. The SMILES string of the molecule is O=C(COc1cc(F)ccc1Br)c1ccc([N+](=O)[O-])cc1. The van der Waals surface area contributed by atoms with Gasteiger partial charge < -0.3 is 4.74 Å². The average Bonchev–Trinajstić information content (AvgIpc) is 2.48. The van der Waals surface area contributed by atoms with E-state index in [2.05, 4.69) is 15.9 Å². The first-order chi connectivity index (χ1) is 9.97. The van der Waals surface area contributed by atoms with Gasteiger partial charge in [-0.1, -0.05) is 0 Å². The molecule has 0 unspecified atom stereocenters. The van der Waals surface area contributed by atoms with Gasteiger partial charge in [0.25, 0.3) is 5.69 Å². The van der Waals surface area contributed by atoms with E-state index in [1.54, 1.807) is 0 Å². The second-order valence-electron chi connectivity index (χ2n) is 4.09. The molecule has 0 spiro atoms. The predicted octanol–water partition coefficient (Wildman–Crippen LogP) is 3.76. The number of nitro benzene ring substituents is 1. The highest BCUT2D eigenvalue weighted by Gasteiger charge is 2.11. The van der Waals surface area contributed by atoms with Crippen LogP contribution in [0.25, 0.3) is 0 Å². The molecule has 0 aromatic heterocycles. The lowest BCUT2D eigenvalue weighted by Crippen LogP contribution is -2.12. The second-order valence-corrected chi connectivity index (χ2v) is 4.94. The fourth-order valence-corrected chi connectivity index (χ4v) is 1.94. The van der Waals surface area contributed by atoms with Gasteiger partial charge in [-0.15, -0.1) is 0 Å². The quantitative estimate of drug-likeness (QED) is 0.466. The third-order valence-electron chi connectivity index (χ3n) is 2.65. The molecular formula is C14H9BrFNO4. The number of ketones is 1. The van der Waals surface area contributed by atoms with Crippen molar-refractivity contribution in [2.75, 3.05) is 6.61 Å². The van der Waals surface area contributed by atoms with Crippen molar-refractivity contribution < 1.29 is 18.8 Å². The first-order valence-corrected chi connectivity index (χ1v) is 6.62. The van der Waals surface area contributed by atoms with Crippen LogP contribution in [0, 0.1) is 15.9 Å². The summed E-state index contributed by atoms with van der Waals surface area (Å²) >= 11 is 3.18. The van der Waals surface area contributed by atoms with Gasteiger partial charge in [0.2, 0.25) is 0 Å². The van der Waals surface area contributed by atoms with Gasteiger partial charge in [0.05, 0.1) is 9.40 Å². The molecule has 2 aromatic carbocycles. The number of hydrogen-bond acceptors (Lipinski definition) is 4. The van der Waals surface area contributed by atoms with Crippen LogP contribution >= 0.6 is 15.9 Å². The summed E-state index contributed by atoms with van der Waals surface area (Å²) in [6.45, 7) is -0.292. The van der Waals surface area contributed by atoms with Crippen LogP contribution in [0.5, 0.6) is 5.75 Å². The molecule has 0 bridgehead atoms. The maximum absolute atomic E-state index is 13.1. The minimum absolute atomic E-state index is 0.0969. The molecule has 0 amide bonds. The number of carbonyl (C=O) groups excluding carboxylic acids is 1. The molecular weight excluding hydrogens is 345 g/mol. The minimum atomic E-state index is -0.547. The normalized spacial score (nSPS) is 10.2. The van der Waals surface area contributed by atoms with Crippen molar-refractivity contribution >= 4 is 27.4 Å². The maximum Gasteiger partial charge on any atom is 0.269 e. The Kier molecular flexibility index (Phi) is 4.64. The standard InChI is InChI=1S/C14H9BrFNO4/c15-12-6-3-10(16)7-14(12)21-8-13(18)9-1-4-11(5-2-9)17(19)20/h1-7H,8H2. The summed E-state index contributed by atoms with van der Waals surface area (Å²) in [5.41, 5.74) is 0.188. The smallest absolute Gasteiger partial charge is 0.269 e. The van der Waals surface area contributed by atoms with Crippen molar-refractivity contribution in [2.45, 2.75) is 0 Å². The molecule has 0 N–H and O–H groups in total. The Labute approximate surface area is 127 Å². The molecule has 0 aliphatic carbocycles. The van der Waals surface area contributed by atoms with E-state index >= 15 is 0 Å². The highest BCUT2D eigenvalue weighted by atomic mass is 79.9. The Morgan fingerprint density at radius 3 is 2.52 bits per heavy atom. The number of Topliss-reactive ketones (excluding diaryl/α,β-unsaturated/α-hetero) is 1. The highest BCUT2D eigenvalue weighted by molar-refractivity contribution is 9.10. The van der Waals surface area contributed by atoms with Crippen LogP contribution in [-0.4, -0.2) is 17.3 Å². The third-order valence-corrected chi connectivity index (χ3v) is 3.31. The Bertz CT molecular complexity index is 688. The molecule has 7 heteroatoms. The van der Waals surface area contributed by atoms with Gasteiger partial charge in [-0.3, -0.25) is 14.9 Å². The van der Waals surface area contributed by atoms with E-state index in [9.17, 15) is 19.3 Å². The van der Waals surface area contributed by atoms with Crippen LogP contribution in [0.3, 0.4) is 0 Å². The number of hydrogen-bond donors (Lipinski definition) is 0. The van der Waals surface area contributed by atoms with Crippen molar-refractivity contribution in [1.82, 2.24) is 0 Å². The van der Waals surface area contributed by atoms with Gasteiger partial charge in [0.1, 0.15) is 11.6 Å². The molecule has 21 heavy (non-hydrogen) atoms. The topological polar surface area (TPSA) is 69.4 Å². The molecule has 0 radical (unpaired) electrons. The van der Waals surface area contributed by atoms with Gasteiger partial charge in [0.15, 0.2) is 12.4 Å². The van der Waals surface area contributed by atoms with E-state index in [0.29, 0.717) is 4.47 Å². The predicted molar refractivity (Wildman–Crippen MR) is 77.0 cm³/mol. The number of nitro groups is 1. The lowest BCUT2D eigenvalue weighted by atomic mass is 10.1.